The van der Waals surface area contributed by atoms with Crippen LogP contribution in [-0.4, -0.2) is 9.97 Å². The van der Waals surface area contributed by atoms with E-state index in [0.717, 1.165) is 22.5 Å². The maximum Gasteiger partial charge on any atom is 0.149 e. The molecular formula is C18H13N3. The number of hydrogen-bond acceptors (Lipinski definition) is 3. The lowest BCUT2D eigenvalue weighted by Crippen LogP contribution is -1.95. The van der Waals surface area contributed by atoms with Crippen LogP contribution in [-0.2, 0) is 0 Å². The van der Waals surface area contributed by atoms with E-state index >= 15 is 0 Å². The Labute approximate surface area is 122 Å². The van der Waals surface area contributed by atoms with Crippen LogP contribution in [0.3, 0.4) is 0 Å². The summed E-state index contributed by atoms with van der Waals surface area (Å²) in [5.74, 6) is 0.754. The predicted molar refractivity (Wildman–Crippen MR) is 86.8 cm³/mol. The lowest BCUT2D eigenvalue weighted by Gasteiger charge is -2.07. The highest BCUT2D eigenvalue weighted by molar-refractivity contribution is 5.86. The maximum absolute atomic E-state index is 4.58. The van der Waals surface area contributed by atoms with Gasteiger partial charge in [0, 0.05) is 5.69 Å². The molecule has 3 aromatic carbocycles. The summed E-state index contributed by atoms with van der Waals surface area (Å²) in [5, 5.41) is 5.75. The molecule has 3 heteroatoms. The van der Waals surface area contributed by atoms with Gasteiger partial charge in [-0.3, -0.25) is 4.98 Å². The second-order valence-corrected chi connectivity index (χ2v) is 4.93. The number of fused-ring (bicyclic) bond motifs is 2. The lowest BCUT2D eigenvalue weighted by molar-refractivity contribution is 1.28. The molecule has 100 valence electrons. The first kappa shape index (κ1) is 11.9. The van der Waals surface area contributed by atoms with Crippen molar-refractivity contribution in [2.24, 2.45) is 0 Å². The van der Waals surface area contributed by atoms with E-state index in [-0.39, 0.29) is 0 Å². The Hall–Kier alpha value is -2.94. The fraction of sp³-hybridized carbons (Fsp3) is 0. The minimum Gasteiger partial charge on any atom is -0.339 e. The van der Waals surface area contributed by atoms with E-state index in [4.69, 9.17) is 0 Å². The quantitative estimate of drug-likeness (QED) is 0.582. The molecular weight excluding hydrogens is 258 g/mol. The average Bonchev–Trinajstić information content (AvgIpc) is 2.55. The van der Waals surface area contributed by atoms with Gasteiger partial charge in [0.2, 0.25) is 0 Å². The van der Waals surface area contributed by atoms with Gasteiger partial charge in [-0.2, -0.15) is 0 Å². The van der Waals surface area contributed by atoms with E-state index in [0.29, 0.717) is 0 Å². The van der Waals surface area contributed by atoms with Crippen LogP contribution in [0.25, 0.3) is 21.8 Å². The number of nitrogens with zero attached hydrogens (tertiary/aromatic N) is 2. The van der Waals surface area contributed by atoms with Crippen molar-refractivity contribution in [3.63, 3.8) is 0 Å². The highest BCUT2D eigenvalue weighted by Gasteiger charge is 2.01. The van der Waals surface area contributed by atoms with E-state index in [1.807, 2.05) is 36.4 Å². The summed E-state index contributed by atoms with van der Waals surface area (Å²) < 4.78 is 0. The van der Waals surface area contributed by atoms with Crippen LogP contribution < -0.4 is 5.32 Å². The Kier molecular flexibility index (Phi) is 2.75. The van der Waals surface area contributed by atoms with Crippen molar-refractivity contribution in [1.29, 1.82) is 0 Å². The first-order valence-corrected chi connectivity index (χ1v) is 6.86. The van der Waals surface area contributed by atoms with Gasteiger partial charge in [0.25, 0.3) is 0 Å². The number of rotatable bonds is 2. The summed E-state index contributed by atoms with van der Waals surface area (Å²) in [6.07, 6.45) is 1.76. The Bertz CT molecular complexity index is 854. The highest BCUT2D eigenvalue weighted by atomic mass is 15.0. The molecule has 0 radical (unpaired) electrons. The van der Waals surface area contributed by atoms with Crippen molar-refractivity contribution in [3.8, 4) is 0 Å². The van der Waals surface area contributed by atoms with Crippen molar-refractivity contribution in [2.45, 2.75) is 0 Å². The number of benzene rings is 3. The van der Waals surface area contributed by atoms with Crippen LogP contribution in [0, 0.1) is 0 Å². The lowest BCUT2D eigenvalue weighted by atomic mass is 10.1. The zero-order chi connectivity index (χ0) is 14.1. The smallest absolute Gasteiger partial charge is 0.149 e. The fourth-order valence-corrected chi connectivity index (χ4v) is 2.43. The standard InChI is InChI=1S/C18H13N3/c1-2-6-14-11-15(10-9-13(14)5-1)20-18-12-19-16-7-3-4-8-17(16)21-18/h1-12H,(H,20,21). The predicted octanol–water partition coefficient (Wildman–Crippen LogP) is 4.53. The second kappa shape index (κ2) is 4.87. The van der Waals surface area contributed by atoms with E-state index in [9.17, 15) is 0 Å². The number of para-hydroxylation sites is 2. The minimum atomic E-state index is 0.754. The van der Waals surface area contributed by atoms with Gasteiger partial charge < -0.3 is 5.32 Å². The Morgan fingerprint density at radius 3 is 2.38 bits per heavy atom. The van der Waals surface area contributed by atoms with E-state index in [1.165, 1.54) is 10.8 Å². The third-order valence-corrected chi connectivity index (χ3v) is 3.47. The monoisotopic (exact) mass is 271 g/mol. The van der Waals surface area contributed by atoms with Crippen molar-refractivity contribution in [1.82, 2.24) is 9.97 Å². The maximum atomic E-state index is 4.58. The molecule has 1 heterocycles. The van der Waals surface area contributed by atoms with Crippen LogP contribution in [0.1, 0.15) is 0 Å². The summed E-state index contributed by atoms with van der Waals surface area (Å²) in [4.78, 5) is 8.99. The summed E-state index contributed by atoms with van der Waals surface area (Å²) >= 11 is 0. The van der Waals surface area contributed by atoms with Crippen LogP contribution in [0.2, 0.25) is 0 Å². The SMILES string of the molecule is c1ccc2cc(Nc3cnc4ccccc4n3)ccc2c1. The Balaban J connectivity index is 1.71. The van der Waals surface area contributed by atoms with Crippen LogP contribution >= 0.6 is 0 Å². The number of hydrogen-bond donors (Lipinski definition) is 1. The molecule has 0 unspecified atom stereocenters. The van der Waals surface area contributed by atoms with Gasteiger partial charge in [0.05, 0.1) is 17.2 Å². The van der Waals surface area contributed by atoms with Crippen LogP contribution in [0.15, 0.2) is 72.9 Å². The molecule has 3 nitrogen and oxygen atoms in total. The molecule has 1 aromatic heterocycles. The summed E-state index contributed by atoms with van der Waals surface area (Å²) in [5.41, 5.74) is 2.81. The molecule has 0 amide bonds. The molecule has 0 spiro atoms. The molecule has 0 aliphatic heterocycles. The molecule has 0 atom stereocenters. The number of aromatic nitrogens is 2. The van der Waals surface area contributed by atoms with E-state index in [2.05, 4.69) is 45.6 Å². The second-order valence-electron chi connectivity index (χ2n) is 4.93. The molecule has 0 saturated carbocycles. The summed E-state index contributed by atoms with van der Waals surface area (Å²) in [6, 6.07) is 22.4. The first-order chi connectivity index (χ1) is 10.4. The molecule has 0 fully saturated rings. The molecule has 0 aliphatic carbocycles. The van der Waals surface area contributed by atoms with E-state index < -0.39 is 0 Å². The molecule has 0 bridgehead atoms. The van der Waals surface area contributed by atoms with Crippen LogP contribution in [0.4, 0.5) is 11.5 Å². The van der Waals surface area contributed by atoms with Gasteiger partial charge >= 0.3 is 0 Å². The largest absolute Gasteiger partial charge is 0.339 e. The first-order valence-electron chi connectivity index (χ1n) is 6.86. The van der Waals surface area contributed by atoms with Gasteiger partial charge in [-0.25, -0.2) is 4.98 Å². The summed E-state index contributed by atoms with van der Waals surface area (Å²) in [7, 11) is 0. The Morgan fingerprint density at radius 2 is 1.48 bits per heavy atom. The number of nitrogens with one attached hydrogen (secondary N) is 1. The van der Waals surface area contributed by atoms with Crippen molar-refractivity contribution in [3.05, 3.63) is 72.9 Å². The van der Waals surface area contributed by atoms with Crippen molar-refractivity contribution < 1.29 is 0 Å². The molecule has 4 rings (SSSR count). The third-order valence-electron chi connectivity index (χ3n) is 3.47. The van der Waals surface area contributed by atoms with E-state index in [1.54, 1.807) is 6.20 Å². The molecule has 1 N–H and O–H groups in total. The topological polar surface area (TPSA) is 37.8 Å². The van der Waals surface area contributed by atoms with Crippen molar-refractivity contribution in [2.75, 3.05) is 5.32 Å². The fourth-order valence-electron chi connectivity index (χ4n) is 2.43. The van der Waals surface area contributed by atoms with Gasteiger partial charge in [-0.15, -0.1) is 0 Å². The molecule has 4 aromatic rings. The molecule has 21 heavy (non-hydrogen) atoms. The average molecular weight is 271 g/mol. The zero-order valence-electron chi connectivity index (χ0n) is 11.3. The molecule has 0 aliphatic rings. The van der Waals surface area contributed by atoms with Gasteiger partial charge in [0.15, 0.2) is 0 Å². The van der Waals surface area contributed by atoms with Gasteiger partial charge in [-0.1, -0.05) is 42.5 Å². The highest BCUT2D eigenvalue weighted by Crippen LogP contribution is 2.22. The Morgan fingerprint density at radius 1 is 0.714 bits per heavy atom. The number of anilines is 2. The van der Waals surface area contributed by atoms with Crippen LogP contribution in [0.5, 0.6) is 0 Å². The van der Waals surface area contributed by atoms with Crippen molar-refractivity contribution >= 4 is 33.3 Å². The molecule has 0 saturated heterocycles. The summed E-state index contributed by atoms with van der Waals surface area (Å²) in [6.45, 7) is 0. The third kappa shape index (κ3) is 2.30. The zero-order valence-corrected chi connectivity index (χ0v) is 11.3. The van der Waals surface area contributed by atoms with Gasteiger partial charge in [-0.05, 0) is 35.0 Å². The normalized spacial score (nSPS) is 10.9. The minimum absolute atomic E-state index is 0.754. The van der Waals surface area contributed by atoms with Gasteiger partial charge in [0.1, 0.15) is 5.82 Å².